The second-order valence-electron chi connectivity index (χ2n) is 5.26. The summed E-state index contributed by atoms with van der Waals surface area (Å²) in [5.41, 5.74) is 0.828. The number of hydrogen-bond acceptors (Lipinski definition) is 6. The van der Waals surface area contributed by atoms with Gasteiger partial charge in [-0.3, -0.25) is 4.79 Å². The Morgan fingerprint density at radius 1 is 1.36 bits per heavy atom. The zero-order valence-corrected chi connectivity index (χ0v) is 15.0. The average molecular weight is 377 g/mol. The molecule has 0 spiro atoms. The van der Waals surface area contributed by atoms with Crippen molar-refractivity contribution in [2.24, 2.45) is 0 Å². The number of carbonyl (C=O) groups excluding carboxylic acids is 1. The molecule has 1 unspecified atom stereocenters. The SMILES string of the molecule is CC(Sc1nnc(-c2cccs2)n1N)C(=O)NCc1ccc(F)cc1. The van der Waals surface area contributed by atoms with E-state index in [2.05, 4.69) is 15.5 Å². The van der Waals surface area contributed by atoms with Crippen LogP contribution in [-0.2, 0) is 11.3 Å². The topological polar surface area (TPSA) is 85.8 Å². The lowest BCUT2D eigenvalue weighted by molar-refractivity contribution is -0.120. The number of nitrogens with zero attached hydrogens (tertiary/aromatic N) is 3. The van der Waals surface area contributed by atoms with E-state index >= 15 is 0 Å². The number of carbonyl (C=O) groups is 1. The van der Waals surface area contributed by atoms with E-state index in [4.69, 9.17) is 5.84 Å². The highest BCUT2D eigenvalue weighted by Crippen LogP contribution is 2.27. The van der Waals surface area contributed by atoms with Gasteiger partial charge in [-0.05, 0) is 36.1 Å². The van der Waals surface area contributed by atoms with Crippen LogP contribution in [0.4, 0.5) is 4.39 Å². The molecule has 6 nitrogen and oxygen atoms in total. The minimum atomic E-state index is -0.400. The second kappa shape index (κ2) is 7.66. The lowest BCUT2D eigenvalue weighted by Crippen LogP contribution is -2.30. The average Bonchev–Trinajstić information content (AvgIpc) is 3.24. The molecule has 0 bridgehead atoms. The molecule has 2 heterocycles. The molecule has 0 radical (unpaired) electrons. The maximum Gasteiger partial charge on any atom is 0.233 e. The Labute approximate surface area is 152 Å². The summed E-state index contributed by atoms with van der Waals surface area (Å²) in [5.74, 6) is 6.14. The third-order valence-electron chi connectivity index (χ3n) is 3.44. The molecule has 3 aromatic rings. The van der Waals surface area contributed by atoms with Crippen molar-refractivity contribution in [3.63, 3.8) is 0 Å². The van der Waals surface area contributed by atoms with Crippen molar-refractivity contribution < 1.29 is 9.18 Å². The van der Waals surface area contributed by atoms with Crippen LogP contribution >= 0.6 is 23.1 Å². The van der Waals surface area contributed by atoms with Crippen molar-refractivity contribution in [3.05, 3.63) is 53.2 Å². The Balaban J connectivity index is 1.59. The zero-order chi connectivity index (χ0) is 17.8. The van der Waals surface area contributed by atoms with Gasteiger partial charge in [-0.2, -0.15) is 0 Å². The molecular weight excluding hydrogens is 361 g/mol. The van der Waals surface area contributed by atoms with E-state index in [0.29, 0.717) is 17.5 Å². The molecule has 130 valence electrons. The summed E-state index contributed by atoms with van der Waals surface area (Å²) in [7, 11) is 0. The Kier molecular flexibility index (Phi) is 5.34. The Hall–Kier alpha value is -2.39. The molecule has 0 saturated heterocycles. The quantitative estimate of drug-likeness (QED) is 0.509. The number of nitrogens with two attached hydrogens (primary N) is 1. The number of aromatic nitrogens is 3. The molecule has 3 rings (SSSR count). The first kappa shape index (κ1) is 17.4. The van der Waals surface area contributed by atoms with Gasteiger partial charge in [0.15, 0.2) is 5.82 Å². The molecule has 0 aliphatic heterocycles. The lowest BCUT2D eigenvalue weighted by Gasteiger charge is -2.11. The number of amides is 1. The third kappa shape index (κ3) is 4.18. The van der Waals surface area contributed by atoms with Gasteiger partial charge < -0.3 is 11.2 Å². The summed E-state index contributed by atoms with van der Waals surface area (Å²) in [6.07, 6.45) is 0. The minimum absolute atomic E-state index is 0.157. The van der Waals surface area contributed by atoms with Crippen LogP contribution < -0.4 is 11.2 Å². The van der Waals surface area contributed by atoms with Crippen LogP contribution in [0.25, 0.3) is 10.7 Å². The summed E-state index contributed by atoms with van der Waals surface area (Å²) < 4.78 is 14.3. The van der Waals surface area contributed by atoms with Crippen LogP contribution in [0.1, 0.15) is 12.5 Å². The standard InChI is InChI=1S/C16H16FN5OS2/c1-10(15(23)19-9-11-4-6-12(17)7-5-11)25-16-21-20-14(22(16)18)13-3-2-8-24-13/h2-8,10H,9,18H2,1H3,(H,19,23). The molecule has 0 fully saturated rings. The van der Waals surface area contributed by atoms with Crippen molar-refractivity contribution in [2.45, 2.75) is 23.9 Å². The molecule has 0 aliphatic rings. The van der Waals surface area contributed by atoms with Gasteiger partial charge >= 0.3 is 0 Å². The number of rotatable bonds is 6. The molecular formula is C16H16FN5OS2. The molecule has 25 heavy (non-hydrogen) atoms. The van der Waals surface area contributed by atoms with E-state index in [1.165, 1.54) is 39.9 Å². The normalized spacial score (nSPS) is 12.1. The van der Waals surface area contributed by atoms with Gasteiger partial charge in [0.1, 0.15) is 5.82 Å². The summed E-state index contributed by atoms with van der Waals surface area (Å²) in [6.45, 7) is 2.10. The van der Waals surface area contributed by atoms with Gasteiger partial charge in [0.2, 0.25) is 11.1 Å². The van der Waals surface area contributed by atoms with E-state index in [1.54, 1.807) is 19.1 Å². The second-order valence-corrected chi connectivity index (χ2v) is 7.51. The molecule has 0 aliphatic carbocycles. The first-order valence-electron chi connectivity index (χ1n) is 7.48. The van der Waals surface area contributed by atoms with Gasteiger partial charge in [-0.15, -0.1) is 21.5 Å². The van der Waals surface area contributed by atoms with Crippen LogP contribution in [0.5, 0.6) is 0 Å². The predicted octanol–water partition coefficient (Wildman–Crippen LogP) is 2.66. The van der Waals surface area contributed by atoms with E-state index in [-0.39, 0.29) is 11.7 Å². The molecule has 9 heteroatoms. The van der Waals surface area contributed by atoms with Crippen molar-refractivity contribution in [1.29, 1.82) is 0 Å². The predicted molar refractivity (Wildman–Crippen MR) is 97.1 cm³/mol. The fraction of sp³-hybridized carbons (Fsp3) is 0.188. The summed E-state index contributed by atoms with van der Waals surface area (Å²) in [6, 6.07) is 9.82. The highest BCUT2D eigenvalue weighted by Gasteiger charge is 2.20. The van der Waals surface area contributed by atoms with Crippen LogP contribution in [0.15, 0.2) is 46.9 Å². The summed E-state index contributed by atoms with van der Waals surface area (Å²) >= 11 is 2.75. The van der Waals surface area contributed by atoms with Gasteiger partial charge in [-0.1, -0.05) is 30.0 Å². The van der Waals surface area contributed by atoms with Crippen molar-refractivity contribution in [1.82, 2.24) is 20.2 Å². The number of hydrogen-bond donors (Lipinski definition) is 2. The van der Waals surface area contributed by atoms with Gasteiger partial charge in [0.05, 0.1) is 10.1 Å². The van der Waals surface area contributed by atoms with Crippen LogP contribution in [0.3, 0.4) is 0 Å². The highest BCUT2D eigenvalue weighted by atomic mass is 32.2. The summed E-state index contributed by atoms with van der Waals surface area (Å²) in [5, 5.41) is 13.0. The number of halogens is 1. The third-order valence-corrected chi connectivity index (χ3v) is 5.36. The number of nitrogen functional groups attached to an aromatic ring is 1. The molecule has 1 amide bonds. The Morgan fingerprint density at radius 3 is 2.80 bits per heavy atom. The maximum atomic E-state index is 12.9. The Bertz CT molecular complexity index is 848. The van der Waals surface area contributed by atoms with Crippen LogP contribution in [-0.4, -0.2) is 26.0 Å². The van der Waals surface area contributed by atoms with Gasteiger partial charge in [-0.25, -0.2) is 9.07 Å². The zero-order valence-electron chi connectivity index (χ0n) is 13.3. The monoisotopic (exact) mass is 377 g/mol. The van der Waals surface area contributed by atoms with Crippen molar-refractivity contribution in [2.75, 3.05) is 5.84 Å². The largest absolute Gasteiger partial charge is 0.351 e. The van der Waals surface area contributed by atoms with E-state index in [1.807, 2.05) is 17.5 Å². The summed E-state index contributed by atoms with van der Waals surface area (Å²) in [4.78, 5) is 13.1. The number of thioether (sulfide) groups is 1. The molecule has 0 saturated carbocycles. The number of nitrogens with one attached hydrogen (secondary N) is 1. The van der Waals surface area contributed by atoms with Crippen LogP contribution in [0, 0.1) is 5.82 Å². The number of benzene rings is 1. The Morgan fingerprint density at radius 2 is 2.12 bits per heavy atom. The fourth-order valence-electron chi connectivity index (χ4n) is 2.08. The van der Waals surface area contributed by atoms with E-state index in [0.717, 1.165) is 10.4 Å². The van der Waals surface area contributed by atoms with Gasteiger partial charge in [0, 0.05) is 6.54 Å². The maximum absolute atomic E-state index is 12.9. The molecule has 1 atom stereocenters. The first-order valence-corrected chi connectivity index (χ1v) is 9.23. The van der Waals surface area contributed by atoms with Gasteiger partial charge in [0.25, 0.3) is 0 Å². The highest BCUT2D eigenvalue weighted by molar-refractivity contribution is 8.00. The van der Waals surface area contributed by atoms with Crippen molar-refractivity contribution in [3.8, 4) is 10.7 Å². The smallest absolute Gasteiger partial charge is 0.233 e. The number of thiophene rings is 1. The van der Waals surface area contributed by atoms with Crippen LogP contribution in [0.2, 0.25) is 0 Å². The first-order chi connectivity index (χ1) is 12.0. The molecule has 3 N–H and O–H groups in total. The van der Waals surface area contributed by atoms with E-state index in [9.17, 15) is 9.18 Å². The fourth-order valence-corrected chi connectivity index (χ4v) is 3.58. The van der Waals surface area contributed by atoms with Crippen molar-refractivity contribution >= 4 is 29.0 Å². The minimum Gasteiger partial charge on any atom is -0.351 e. The lowest BCUT2D eigenvalue weighted by atomic mass is 10.2. The van der Waals surface area contributed by atoms with E-state index < -0.39 is 5.25 Å². The molecule has 1 aromatic carbocycles. The molecule has 2 aromatic heterocycles.